The minimum atomic E-state index is -3.30. The molecule has 0 spiro atoms. The van der Waals surface area contributed by atoms with E-state index in [0.29, 0.717) is 0 Å². The third-order valence-electron chi connectivity index (χ3n) is 7.78. The fourth-order valence-electron chi connectivity index (χ4n) is 6.34. The quantitative estimate of drug-likeness (QED) is 0.230. The molecule has 0 unspecified atom stereocenters. The van der Waals surface area contributed by atoms with Crippen molar-refractivity contribution in [1.82, 2.24) is 0 Å². The molecule has 5 aromatic rings. The van der Waals surface area contributed by atoms with Gasteiger partial charge >= 0.3 is 0 Å². The Hall–Kier alpha value is -4.19. The maximum atomic E-state index is 16.3. The van der Waals surface area contributed by atoms with Gasteiger partial charge in [-0.2, -0.15) is 0 Å². The van der Waals surface area contributed by atoms with E-state index in [1.165, 1.54) is 5.57 Å². The molecule has 2 heteroatoms. The number of hydrogen-bond acceptors (Lipinski definition) is 1. The summed E-state index contributed by atoms with van der Waals surface area (Å²) in [7, 11) is -3.30. The third-order valence-corrected chi connectivity index (χ3v) is 11.6. The Labute approximate surface area is 217 Å². The molecule has 0 saturated carbocycles. The van der Waals surface area contributed by atoms with E-state index in [-0.39, 0.29) is 0 Å². The second-order valence-electron chi connectivity index (χ2n) is 9.62. The molecule has 2 atom stereocenters. The summed E-state index contributed by atoms with van der Waals surface area (Å²) in [4.78, 5) is 0. The van der Waals surface area contributed by atoms with E-state index >= 15 is 4.57 Å². The van der Waals surface area contributed by atoms with Crippen LogP contribution in [0.1, 0.15) is 27.8 Å². The average Bonchev–Trinajstić information content (AvgIpc) is 3.43. The van der Waals surface area contributed by atoms with Crippen LogP contribution in [-0.2, 0) is 9.72 Å². The largest absolute Gasteiger partial charge is 0.312 e. The zero-order valence-electron chi connectivity index (χ0n) is 20.3. The molecule has 5 aromatic carbocycles. The van der Waals surface area contributed by atoms with Crippen molar-refractivity contribution in [2.75, 3.05) is 0 Å². The first-order chi connectivity index (χ1) is 18.3. The van der Waals surface area contributed by atoms with E-state index in [9.17, 15) is 0 Å². The van der Waals surface area contributed by atoms with Gasteiger partial charge in [0.25, 0.3) is 0 Å². The molecule has 0 bridgehead atoms. The summed E-state index contributed by atoms with van der Waals surface area (Å²) in [6.07, 6.45) is 2.25. The van der Waals surface area contributed by atoms with Crippen LogP contribution >= 0.6 is 7.14 Å². The first-order valence-corrected chi connectivity index (χ1v) is 14.4. The van der Waals surface area contributed by atoms with Crippen LogP contribution in [0, 0.1) is 0 Å². The summed E-state index contributed by atoms with van der Waals surface area (Å²) in [6, 6.07) is 50.0. The fourth-order valence-corrected chi connectivity index (χ4v) is 10.3. The molecular weight excluding hydrogens is 467 g/mol. The number of hydrogen-bond donors (Lipinski definition) is 0. The van der Waals surface area contributed by atoms with Crippen molar-refractivity contribution in [3.05, 3.63) is 185 Å². The average molecular weight is 493 g/mol. The summed E-state index contributed by atoms with van der Waals surface area (Å²) in [5, 5.41) is 0.983. The molecule has 1 aliphatic heterocycles. The number of fused-ring (bicyclic) bond motifs is 3. The summed E-state index contributed by atoms with van der Waals surface area (Å²) >= 11 is 0. The van der Waals surface area contributed by atoms with Crippen LogP contribution in [0.3, 0.4) is 0 Å². The molecular formula is C35H25OP. The molecule has 176 valence electrons. The smallest absolute Gasteiger partial charge is 0.162 e. The van der Waals surface area contributed by atoms with Crippen LogP contribution in [0.15, 0.2) is 157 Å². The van der Waals surface area contributed by atoms with Gasteiger partial charge in [-0.05, 0) is 45.0 Å². The van der Waals surface area contributed by atoms with Crippen molar-refractivity contribution in [2.24, 2.45) is 0 Å². The Kier molecular flexibility index (Phi) is 5.03. The van der Waals surface area contributed by atoms with E-state index in [2.05, 4.69) is 97.1 Å². The van der Waals surface area contributed by atoms with Crippen LogP contribution in [0.25, 0.3) is 10.9 Å². The number of allylic oxidation sites excluding steroid dienone is 2. The molecule has 0 saturated heterocycles. The lowest BCUT2D eigenvalue weighted by molar-refractivity contribution is 0.575. The van der Waals surface area contributed by atoms with Gasteiger partial charge in [0.2, 0.25) is 0 Å². The maximum absolute atomic E-state index is 16.3. The third kappa shape index (κ3) is 2.95. The first kappa shape index (κ1) is 22.0. The Morgan fingerprint density at radius 2 is 1.03 bits per heavy atom. The highest BCUT2D eigenvalue weighted by atomic mass is 31.2. The lowest BCUT2D eigenvalue weighted by atomic mass is 9.86. The molecule has 0 aromatic heterocycles. The highest BCUT2D eigenvalue weighted by Gasteiger charge is 2.63. The van der Waals surface area contributed by atoms with Crippen molar-refractivity contribution in [1.29, 1.82) is 0 Å². The number of benzene rings is 5. The monoisotopic (exact) mass is 492 g/mol. The Balaban J connectivity index is 1.71. The van der Waals surface area contributed by atoms with Gasteiger partial charge in [0.05, 0.1) is 0 Å². The van der Waals surface area contributed by atoms with Crippen molar-refractivity contribution in [3.63, 3.8) is 0 Å². The molecule has 1 nitrogen and oxygen atoms in total. The summed E-state index contributed by atoms with van der Waals surface area (Å²) in [5.41, 5.74) is 7.79. The summed E-state index contributed by atoms with van der Waals surface area (Å²) in [6.45, 7) is 0. The van der Waals surface area contributed by atoms with E-state index in [0.717, 1.165) is 44.0 Å². The van der Waals surface area contributed by atoms with Crippen LogP contribution in [-0.4, -0.2) is 0 Å². The van der Waals surface area contributed by atoms with Gasteiger partial charge in [-0.3, -0.25) is 0 Å². The minimum absolute atomic E-state index is 0.817. The van der Waals surface area contributed by atoms with Crippen molar-refractivity contribution >= 4 is 23.3 Å². The highest BCUT2D eigenvalue weighted by molar-refractivity contribution is 7.83. The fraction of sp³-hybridized carbons (Fsp3) is 0.0286. The predicted octanol–water partition coefficient (Wildman–Crippen LogP) is 8.49. The Bertz CT molecular complexity index is 1720. The second-order valence-corrected chi connectivity index (χ2v) is 12.5. The molecule has 1 aliphatic carbocycles. The van der Waals surface area contributed by atoms with Crippen LogP contribution in [0.5, 0.6) is 0 Å². The van der Waals surface area contributed by atoms with Crippen LogP contribution in [0.4, 0.5) is 0 Å². The normalized spacial score (nSPS) is 21.9. The molecule has 37 heavy (non-hydrogen) atoms. The zero-order valence-corrected chi connectivity index (χ0v) is 21.2. The van der Waals surface area contributed by atoms with E-state index in [4.69, 9.17) is 0 Å². The van der Waals surface area contributed by atoms with Gasteiger partial charge < -0.3 is 4.57 Å². The predicted molar refractivity (Wildman–Crippen MR) is 154 cm³/mol. The second kappa shape index (κ2) is 8.44. The topological polar surface area (TPSA) is 17.1 Å². The van der Waals surface area contributed by atoms with Gasteiger partial charge in [-0.25, -0.2) is 0 Å². The standard InChI is InChI=1S/C35H25OP/c36-37(29-21-11-4-12-22-29)33(26-15-5-1-6-16-26)25-32-34(27-17-7-2-8-18-27)30-23-13-14-24-31(30)35(32,37)28-19-9-3-10-20-28/h1-25H/t35-,37+/m0/s1. The van der Waals surface area contributed by atoms with Gasteiger partial charge in [-0.1, -0.05) is 146 Å². The highest BCUT2D eigenvalue weighted by Crippen LogP contribution is 2.82. The Morgan fingerprint density at radius 3 is 1.68 bits per heavy atom. The molecule has 0 amide bonds. The van der Waals surface area contributed by atoms with E-state index in [1.54, 1.807) is 0 Å². The van der Waals surface area contributed by atoms with Gasteiger partial charge in [-0.15, -0.1) is 0 Å². The SMILES string of the molecule is O=[P@]1(c2ccccc2)C(c2ccccc2)=CC2=C(c3ccccc3)c3ccccc3[C@@]21c1ccccc1. The van der Waals surface area contributed by atoms with Crippen LogP contribution < -0.4 is 5.30 Å². The van der Waals surface area contributed by atoms with Gasteiger partial charge in [0.1, 0.15) is 5.16 Å². The van der Waals surface area contributed by atoms with Crippen molar-refractivity contribution in [3.8, 4) is 0 Å². The molecule has 0 N–H and O–H groups in total. The zero-order chi connectivity index (χ0) is 24.9. The first-order valence-electron chi connectivity index (χ1n) is 12.7. The van der Waals surface area contributed by atoms with E-state index in [1.807, 2.05) is 54.6 Å². The molecule has 0 radical (unpaired) electrons. The van der Waals surface area contributed by atoms with Crippen molar-refractivity contribution in [2.45, 2.75) is 5.16 Å². The maximum Gasteiger partial charge on any atom is 0.162 e. The molecule has 7 rings (SSSR count). The molecule has 2 aliphatic rings. The Morgan fingerprint density at radius 1 is 0.514 bits per heavy atom. The summed E-state index contributed by atoms with van der Waals surface area (Å²) in [5.74, 6) is 0. The minimum Gasteiger partial charge on any atom is -0.312 e. The molecule has 0 fully saturated rings. The van der Waals surface area contributed by atoms with E-state index < -0.39 is 12.3 Å². The lowest BCUT2D eigenvalue weighted by Crippen LogP contribution is -2.29. The number of rotatable bonds is 4. The lowest BCUT2D eigenvalue weighted by Gasteiger charge is -2.38. The van der Waals surface area contributed by atoms with Crippen molar-refractivity contribution < 1.29 is 4.57 Å². The molecule has 1 heterocycles. The van der Waals surface area contributed by atoms with Gasteiger partial charge in [0, 0.05) is 10.6 Å². The van der Waals surface area contributed by atoms with Crippen LogP contribution in [0.2, 0.25) is 0 Å². The summed E-state index contributed by atoms with van der Waals surface area (Å²) < 4.78 is 16.3. The van der Waals surface area contributed by atoms with Gasteiger partial charge in [0.15, 0.2) is 7.14 Å².